The lowest BCUT2D eigenvalue weighted by Crippen LogP contribution is -2.40. The van der Waals surface area contributed by atoms with Crippen molar-refractivity contribution in [2.24, 2.45) is 5.92 Å². The molecule has 2 aliphatic rings. The van der Waals surface area contributed by atoms with E-state index in [2.05, 4.69) is 5.32 Å². The first-order chi connectivity index (χ1) is 12.5. The SMILES string of the molecule is CC(C)Oc1ccc(C(=O)N2CCC[C@@H](CCC(=O)NC3CC3)C2)cc1. The number of hydrogen-bond donors (Lipinski definition) is 1. The van der Waals surface area contributed by atoms with Crippen LogP contribution >= 0.6 is 0 Å². The Hall–Kier alpha value is -2.04. The Morgan fingerprint density at radius 1 is 1.19 bits per heavy atom. The Labute approximate surface area is 156 Å². The van der Waals surface area contributed by atoms with Gasteiger partial charge in [0.25, 0.3) is 5.91 Å². The summed E-state index contributed by atoms with van der Waals surface area (Å²) in [6.07, 6.45) is 5.92. The molecular formula is C21H30N2O3. The maximum atomic E-state index is 12.8. The van der Waals surface area contributed by atoms with Crippen molar-refractivity contribution in [2.75, 3.05) is 13.1 Å². The second-order valence-electron chi connectivity index (χ2n) is 7.83. The second kappa shape index (κ2) is 8.56. The lowest BCUT2D eigenvalue weighted by Gasteiger charge is -2.33. The Balaban J connectivity index is 1.49. The molecule has 0 spiro atoms. The summed E-state index contributed by atoms with van der Waals surface area (Å²) in [5.74, 6) is 1.45. The summed E-state index contributed by atoms with van der Waals surface area (Å²) >= 11 is 0. The molecule has 3 rings (SSSR count). The third kappa shape index (κ3) is 5.48. The van der Waals surface area contributed by atoms with Gasteiger partial charge in [0.05, 0.1) is 6.10 Å². The molecule has 5 nitrogen and oxygen atoms in total. The number of benzene rings is 1. The number of rotatable bonds is 7. The van der Waals surface area contributed by atoms with Crippen LogP contribution in [0.15, 0.2) is 24.3 Å². The molecule has 142 valence electrons. The summed E-state index contributed by atoms with van der Waals surface area (Å²) in [5, 5.41) is 3.04. The topological polar surface area (TPSA) is 58.6 Å². The number of ether oxygens (including phenoxy) is 1. The van der Waals surface area contributed by atoms with Crippen molar-refractivity contribution >= 4 is 11.8 Å². The molecule has 1 N–H and O–H groups in total. The Kier molecular flexibility index (Phi) is 6.17. The molecule has 1 saturated carbocycles. The highest BCUT2D eigenvalue weighted by Gasteiger charge is 2.26. The molecule has 0 bridgehead atoms. The number of amides is 2. The van der Waals surface area contributed by atoms with Crippen molar-refractivity contribution in [2.45, 2.75) is 64.5 Å². The fourth-order valence-corrected chi connectivity index (χ4v) is 3.48. The molecule has 2 fully saturated rings. The van der Waals surface area contributed by atoms with Gasteiger partial charge in [-0.05, 0) is 76.1 Å². The molecule has 1 aliphatic heterocycles. The van der Waals surface area contributed by atoms with E-state index < -0.39 is 0 Å². The van der Waals surface area contributed by atoms with Crippen LogP contribution in [-0.2, 0) is 4.79 Å². The minimum atomic E-state index is 0.0771. The van der Waals surface area contributed by atoms with Crippen LogP contribution in [0.5, 0.6) is 5.75 Å². The highest BCUT2D eigenvalue weighted by Crippen LogP contribution is 2.24. The third-order valence-electron chi connectivity index (χ3n) is 5.00. The summed E-state index contributed by atoms with van der Waals surface area (Å²) in [6.45, 7) is 5.52. The Bertz CT molecular complexity index is 623. The van der Waals surface area contributed by atoms with Crippen LogP contribution in [0.4, 0.5) is 0 Å². The molecule has 0 unspecified atom stereocenters. The van der Waals surface area contributed by atoms with Gasteiger partial charge < -0.3 is 15.0 Å². The highest BCUT2D eigenvalue weighted by atomic mass is 16.5. The molecule has 0 aromatic heterocycles. The van der Waals surface area contributed by atoms with E-state index in [0.717, 1.165) is 50.9 Å². The van der Waals surface area contributed by atoms with Gasteiger partial charge in [0.1, 0.15) is 5.75 Å². The molecule has 1 heterocycles. The van der Waals surface area contributed by atoms with E-state index in [1.807, 2.05) is 43.0 Å². The van der Waals surface area contributed by atoms with Gasteiger partial charge in [-0.3, -0.25) is 9.59 Å². The normalized spacial score (nSPS) is 20.1. The van der Waals surface area contributed by atoms with Crippen molar-refractivity contribution < 1.29 is 14.3 Å². The zero-order chi connectivity index (χ0) is 18.5. The maximum Gasteiger partial charge on any atom is 0.253 e. The van der Waals surface area contributed by atoms with Gasteiger partial charge in [0, 0.05) is 31.1 Å². The number of hydrogen-bond acceptors (Lipinski definition) is 3. The Morgan fingerprint density at radius 2 is 1.92 bits per heavy atom. The van der Waals surface area contributed by atoms with Gasteiger partial charge in [-0.15, -0.1) is 0 Å². The quantitative estimate of drug-likeness (QED) is 0.813. The van der Waals surface area contributed by atoms with Crippen LogP contribution in [0.2, 0.25) is 0 Å². The van der Waals surface area contributed by atoms with E-state index >= 15 is 0 Å². The predicted octanol–water partition coefficient (Wildman–Crippen LogP) is 3.38. The number of nitrogens with one attached hydrogen (secondary N) is 1. The maximum absolute atomic E-state index is 12.8. The van der Waals surface area contributed by atoms with Crippen molar-refractivity contribution in [3.63, 3.8) is 0 Å². The van der Waals surface area contributed by atoms with Crippen LogP contribution in [0.1, 0.15) is 62.7 Å². The Morgan fingerprint density at radius 3 is 2.58 bits per heavy atom. The molecule has 1 atom stereocenters. The van der Waals surface area contributed by atoms with E-state index in [1.54, 1.807) is 0 Å². The number of carbonyl (C=O) groups is 2. The summed E-state index contributed by atoms with van der Waals surface area (Å²) in [6, 6.07) is 7.82. The molecular weight excluding hydrogens is 328 g/mol. The van der Waals surface area contributed by atoms with Gasteiger partial charge in [-0.2, -0.15) is 0 Å². The van der Waals surface area contributed by atoms with Gasteiger partial charge >= 0.3 is 0 Å². The fourth-order valence-electron chi connectivity index (χ4n) is 3.48. The number of nitrogens with zero attached hydrogens (tertiary/aromatic N) is 1. The molecule has 1 saturated heterocycles. The second-order valence-corrected chi connectivity index (χ2v) is 7.83. The van der Waals surface area contributed by atoms with E-state index in [9.17, 15) is 9.59 Å². The third-order valence-corrected chi connectivity index (χ3v) is 5.00. The van der Waals surface area contributed by atoms with Gasteiger partial charge in [-0.25, -0.2) is 0 Å². The van der Waals surface area contributed by atoms with E-state index in [0.29, 0.717) is 23.9 Å². The largest absolute Gasteiger partial charge is 0.491 e. The predicted molar refractivity (Wildman–Crippen MR) is 101 cm³/mol. The number of likely N-dealkylation sites (tertiary alicyclic amines) is 1. The first-order valence-corrected chi connectivity index (χ1v) is 9.86. The minimum Gasteiger partial charge on any atom is -0.491 e. The first-order valence-electron chi connectivity index (χ1n) is 9.86. The van der Waals surface area contributed by atoms with E-state index in [1.165, 1.54) is 0 Å². The van der Waals surface area contributed by atoms with Crippen molar-refractivity contribution in [1.29, 1.82) is 0 Å². The number of piperidine rings is 1. The van der Waals surface area contributed by atoms with Crippen LogP contribution < -0.4 is 10.1 Å². The van der Waals surface area contributed by atoms with E-state index in [4.69, 9.17) is 4.74 Å². The lowest BCUT2D eigenvalue weighted by atomic mass is 9.92. The summed E-state index contributed by atoms with van der Waals surface area (Å²) in [7, 11) is 0. The minimum absolute atomic E-state index is 0.0771. The molecule has 1 aromatic carbocycles. The smallest absolute Gasteiger partial charge is 0.253 e. The average Bonchev–Trinajstić information content (AvgIpc) is 3.44. The zero-order valence-electron chi connectivity index (χ0n) is 15.9. The lowest BCUT2D eigenvalue weighted by molar-refractivity contribution is -0.121. The van der Waals surface area contributed by atoms with E-state index in [-0.39, 0.29) is 17.9 Å². The molecule has 1 aromatic rings. The average molecular weight is 358 g/mol. The van der Waals surface area contributed by atoms with Gasteiger partial charge in [-0.1, -0.05) is 0 Å². The van der Waals surface area contributed by atoms with Gasteiger partial charge in [0.15, 0.2) is 0 Å². The summed E-state index contributed by atoms with van der Waals surface area (Å²) < 4.78 is 5.63. The molecule has 26 heavy (non-hydrogen) atoms. The van der Waals surface area contributed by atoms with Crippen LogP contribution in [0.25, 0.3) is 0 Å². The number of carbonyl (C=O) groups excluding carboxylic acids is 2. The highest BCUT2D eigenvalue weighted by molar-refractivity contribution is 5.94. The van der Waals surface area contributed by atoms with Crippen LogP contribution in [-0.4, -0.2) is 41.9 Å². The van der Waals surface area contributed by atoms with Crippen molar-refractivity contribution in [3.8, 4) is 5.75 Å². The zero-order valence-corrected chi connectivity index (χ0v) is 15.9. The molecule has 1 aliphatic carbocycles. The van der Waals surface area contributed by atoms with Crippen LogP contribution in [0, 0.1) is 5.92 Å². The van der Waals surface area contributed by atoms with Crippen LogP contribution in [0.3, 0.4) is 0 Å². The molecule has 0 radical (unpaired) electrons. The molecule has 2 amide bonds. The standard InChI is InChI=1S/C21H30N2O3/c1-15(2)26-19-10-6-17(7-11-19)21(25)23-13-3-4-16(14-23)5-12-20(24)22-18-8-9-18/h6-7,10-11,15-16,18H,3-5,8-9,12-14H2,1-2H3,(H,22,24)/t16-/m0/s1. The molecule has 5 heteroatoms. The fraction of sp³-hybridized carbons (Fsp3) is 0.619. The van der Waals surface area contributed by atoms with Gasteiger partial charge in [0.2, 0.25) is 5.91 Å². The summed E-state index contributed by atoms with van der Waals surface area (Å²) in [4.78, 5) is 26.6. The van der Waals surface area contributed by atoms with Crippen molar-refractivity contribution in [3.05, 3.63) is 29.8 Å². The monoisotopic (exact) mass is 358 g/mol. The van der Waals surface area contributed by atoms with Crippen molar-refractivity contribution in [1.82, 2.24) is 10.2 Å². The first kappa shape index (κ1) is 18.7. The summed E-state index contributed by atoms with van der Waals surface area (Å²) in [5.41, 5.74) is 0.702.